The standard InChI is InChI=1S/C18H23N3O3/c1-4-5-9-15(18(23)24)20-17(22)14-11-19-21(13(14)3)16-10-7-6-8-12(16)2/h6-8,10-11,15H,4-5,9H2,1-3H3,(H,20,22)(H,23,24). The molecule has 1 aromatic heterocycles. The summed E-state index contributed by atoms with van der Waals surface area (Å²) in [6.07, 6.45) is 3.53. The van der Waals surface area contributed by atoms with E-state index in [1.165, 1.54) is 6.20 Å². The van der Waals surface area contributed by atoms with Crippen LogP contribution in [0.25, 0.3) is 5.69 Å². The minimum Gasteiger partial charge on any atom is -0.480 e. The summed E-state index contributed by atoms with van der Waals surface area (Å²) in [5.41, 5.74) is 3.01. The normalized spacial score (nSPS) is 12.0. The lowest BCUT2D eigenvalue weighted by Gasteiger charge is -2.14. The number of rotatable bonds is 7. The summed E-state index contributed by atoms with van der Waals surface area (Å²) in [5.74, 6) is -1.42. The number of carboxylic acid groups (broad SMARTS) is 1. The van der Waals surface area contributed by atoms with Crippen LogP contribution < -0.4 is 5.32 Å². The number of aryl methyl sites for hydroxylation is 1. The maximum absolute atomic E-state index is 12.4. The molecule has 0 radical (unpaired) electrons. The van der Waals surface area contributed by atoms with E-state index in [0.29, 0.717) is 17.7 Å². The Hall–Kier alpha value is -2.63. The van der Waals surface area contributed by atoms with Gasteiger partial charge in [0.2, 0.25) is 0 Å². The van der Waals surface area contributed by atoms with Crippen LogP contribution in [0.2, 0.25) is 0 Å². The fourth-order valence-electron chi connectivity index (χ4n) is 2.58. The number of nitrogens with zero attached hydrogens (tertiary/aromatic N) is 2. The predicted octanol–water partition coefficient (Wildman–Crippen LogP) is 2.86. The topological polar surface area (TPSA) is 84.2 Å². The Morgan fingerprint density at radius 3 is 2.62 bits per heavy atom. The highest BCUT2D eigenvalue weighted by Crippen LogP contribution is 2.17. The second-order valence-corrected chi connectivity index (χ2v) is 5.85. The molecule has 1 amide bonds. The largest absolute Gasteiger partial charge is 0.480 e. The second-order valence-electron chi connectivity index (χ2n) is 5.85. The summed E-state index contributed by atoms with van der Waals surface area (Å²) in [6, 6.07) is 6.88. The van der Waals surface area contributed by atoms with E-state index in [-0.39, 0.29) is 0 Å². The molecule has 2 N–H and O–H groups in total. The fraction of sp³-hybridized carbons (Fsp3) is 0.389. The highest BCUT2D eigenvalue weighted by Gasteiger charge is 2.23. The molecular weight excluding hydrogens is 306 g/mol. The van der Waals surface area contributed by atoms with Gasteiger partial charge in [0.05, 0.1) is 23.1 Å². The monoisotopic (exact) mass is 329 g/mol. The van der Waals surface area contributed by atoms with Gasteiger partial charge in [-0.3, -0.25) is 4.79 Å². The van der Waals surface area contributed by atoms with Crippen molar-refractivity contribution in [3.05, 3.63) is 47.3 Å². The van der Waals surface area contributed by atoms with E-state index in [9.17, 15) is 14.7 Å². The Balaban J connectivity index is 2.22. The summed E-state index contributed by atoms with van der Waals surface area (Å²) in [7, 11) is 0. The zero-order valence-electron chi connectivity index (χ0n) is 14.2. The zero-order valence-corrected chi connectivity index (χ0v) is 14.2. The Kier molecular flexibility index (Phi) is 5.73. The van der Waals surface area contributed by atoms with Gasteiger partial charge in [-0.1, -0.05) is 38.0 Å². The van der Waals surface area contributed by atoms with Gasteiger partial charge < -0.3 is 10.4 Å². The van der Waals surface area contributed by atoms with Gasteiger partial charge >= 0.3 is 5.97 Å². The molecule has 1 aromatic carbocycles. The van der Waals surface area contributed by atoms with Gasteiger partial charge in [-0.05, 0) is 31.9 Å². The van der Waals surface area contributed by atoms with Crippen LogP contribution in [0.15, 0.2) is 30.5 Å². The summed E-state index contributed by atoms with van der Waals surface area (Å²) >= 11 is 0. The van der Waals surface area contributed by atoms with E-state index >= 15 is 0 Å². The number of aliphatic carboxylic acids is 1. The number of para-hydroxylation sites is 1. The first-order valence-corrected chi connectivity index (χ1v) is 8.10. The van der Waals surface area contributed by atoms with Crippen LogP contribution in [0.1, 0.15) is 47.8 Å². The molecule has 0 spiro atoms. The number of benzene rings is 1. The number of carbonyl (C=O) groups is 2. The number of unbranched alkanes of at least 4 members (excludes halogenated alkanes) is 1. The molecule has 2 aromatic rings. The number of nitrogens with one attached hydrogen (secondary N) is 1. The average molecular weight is 329 g/mol. The molecule has 0 aliphatic rings. The van der Waals surface area contributed by atoms with Crippen molar-refractivity contribution >= 4 is 11.9 Å². The quantitative estimate of drug-likeness (QED) is 0.818. The van der Waals surface area contributed by atoms with Crippen molar-refractivity contribution in [1.82, 2.24) is 15.1 Å². The molecule has 24 heavy (non-hydrogen) atoms. The Morgan fingerprint density at radius 2 is 2.00 bits per heavy atom. The number of hydrogen-bond donors (Lipinski definition) is 2. The van der Waals surface area contributed by atoms with Crippen molar-refractivity contribution in [2.24, 2.45) is 0 Å². The first-order chi connectivity index (χ1) is 11.5. The number of hydrogen-bond acceptors (Lipinski definition) is 3. The van der Waals surface area contributed by atoms with Crippen LogP contribution in [0.4, 0.5) is 0 Å². The van der Waals surface area contributed by atoms with Crippen molar-refractivity contribution < 1.29 is 14.7 Å². The molecular formula is C18H23N3O3. The second kappa shape index (κ2) is 7.77. The van der Waals surface area contributed by atoms with Crippen LogP contribution >= 0.6 is 0 Å². The summed E-state index contributed by atoms with van der Waals surface area (Å²) in [5, 5.41) is 16.1. The highest BCUT2D eigenvalue weighted by atomic mass is 16.4. The van der Waals surface area contributed by atoms with Crippen LogP contribution in [0.3, 0.4) is 0 Å². The molecule has 128 valence electrons. The Morgan fingerprint density at radius 1 is 1.29 bits per heavy atom. The van der Waals surface area contributed by atoms with E-state index in [4.69, 9.17) is 0 Å². The molecule has 0 fully saturated rings. The van der Waals surface area contributed by atoms with E-state index < -0.39 is 17.9 Å². The van der Waals surface area contributed by atoms with Gasteiger partial charge in [-0.15, -0.1) is 0 Å². The third kappa shape index (κ3) is 3.82. The van der Waals surface area contributed by atoms with E-state index in [0.717, 1.165) is 24.1 Å². The van der Waals surface area contributed by atoms with Crippen LogP contribution in [-0.4, -0.2) is 32.8 Å². The maximum Gasteiger partial charge on any atom is 0.326 e. The van der Waals surface area contributed by atoms with Crippen molar-refractivity contribution in [1.29, 1.82) is 0 Å². The molecule has 1 unspecified atom stereocenters. The van der Waals surface area contributed by atoms with Gasteiger partial charge in [0, 0.05) is 0 Å². The van der Waals surface area contributed by atoms with Gasteiger partial charge in [-0.2, -0.15) is 5.10 Å². The van der Waals surface area contributed by atoms with Crippen LogP contribution in [0, 0.1) is 13.8 Å². The molecule has 6 nitrogen and oxygen atoms in total. The Bertz CT molecular complexity index is 737. The van der Waals surface area contributed by atoms with Crippen molar-refractivity contribution in [3.63, 3.8) is 0 Å². The molecule has 1 heterocycles. The third-order valence-corrected chi connectivity index (χ3v) is 4.05. The van der Waals surface area contributed by atoms with Crippen molar-refractivity contribution in [2.45, 2.75) is 46.1 Å². The molecule has 6 heteroatoms. The van der Waals surface area contributed by atoms with E-state index in [2.05, 4.69) is 10.4 Å². The number of carbonyl (C=O) groups excluding carboxylic acids is 1. The van der Waals surface area contributed by atoms with Gasteiger partial charge in [0.25, 0.3) is 5.91 Å². The van der Waals surface area contributed by atoms with Gasteiger partial charge in [0.15, 0.2) is 0 Å². The minimum absolute atomic E-state index is 0.390. The van der Waals surface area contributed by atoms with Crippen molar-refractivity contribution in [3.8, 4) is 5.69 Å². The van der Waals surface area contributed by atoms with E-state index in [1.54, 1.807) is 11.6 Å². The highest BCUT2D eigenvalue weighted by molar-refractivity contribution is 5.97. The SMILES string of the molecule is CCCCC(NC(=O)c1cnn(-c2ccccc2C)c1C)C(=O)O. The predicted molar refractivity (Wildman–Crippen MR) is 91.5 cm³/mol. The number of aromatic nitrogens is 2. The first-order valence-electron chi connectivity index (χ1n) is 8.10. The first kappa shape index (κ1) is 17.7. The number of carboxylic acids is 1. The van der Waals surface area contributed by atoms with Gasteiger partial charge in [0.1, 0.15) is 6.04 Å². The zero-order chi connectivity index (χ0) is 17.7. The molecule has 0 aliphatic heterocycles. The average Bonchev–Trinajstić information content (AvgIpc) is 2.93. The van der Waals surface area contributed by atoms with Gasteiger partial charge in [-0.25, -0.2) is 9.48 Å². The van der Waals surface area contributed by atoms with Crippen LogP contribution in [-0.2, 0) is 4.79 Å². The molecule has 0 saturated heterocycles. The minimum atomic E-state index is -1.01. The summed E-state index contributed by atoms with van der Waals surface area (Å²) in [6.45, 7) is 5.76. The molecule has 2 rings (SSSR count). The Labute approximate surface area is 141 Å². The molecule has 0 bridgehead atoms. The van der Waals surface area contributed by atoms with E-state index in [1.807, 2.05) is 38.1 Å². The summed E-state index contributed by atoms with van der Waals surface area (Å²) in [4.78, 5) is 23.7. The van der Waals surface area contributed by atoms with Crippen molar-refractivity contribution in [2.75, 3.05) is 0 Å². The maximum atomic E-state index is 12.4. The molecule has 1 atom stereocenters. The molecule has 0 saturated carbocycles. The number of amides is 1. The third-order valence-electron chi connectivity index (χ3n) is 4.05. The summed E-state index contributed by atoms with van der Waals surface area (Å²) < 4.78 is 1.70. The lowest BCUT2D eigenvalue weighted by atomic mass is 10.1. The smallest absolute Gasteiger partial charge is 0.326 e. The fourth-order valence-corrected chi connectivity index (χ4v) is 2.58. The molecule has 0 aliphatic carbocycles. The lowest BCUT2D eigenvalue weighted by Crippen LogP contribution is -2.40. The lowest BCUT2D eigenvalue weighted by molar-refractivity contribution is -0.139. The van der Waals surface area contributed by atoms with Crippen LogP contribution in [0.5, 0.6) is 0 Å².